The number of likely N-dealkylation sites (tertiary alicyclic amines) is 1. The Hall–Kier alpha value is -3.65. The van der Waals surface area contributed by atoms with E-state index in [0.29, 0.717) is 41.6 Å². The van der Waals surface area contributed by atoms with Crippen LogP contribution in [0.2, 0.25) is 0 Å². The third-order valence-corrected chi connectivity index (χ3v) is 7.08. The van der Waals surface area contributed by atoms with Gasteiger partial charge >= 0.3 is 0 Å². The van der Waals surface area contributed by atoms with E-state index in [-0.39, 0.29) is 24.3 Å². The van der Waals surface area contributed by atoms with Crippen molar-refractivity contribution in [3.05, 3.63) is 94.0 Å². The van der Waals surface area contributed by atoms with Crippen molar-refractivity contribution in [1.29, 1.82) is 0 Å². The number of nitrogens with zero attached hydrogens (tertiary/aromatic N) is 2. The number of methoxy groups -OCH3 is 1. The van der Waals surface area contributed by atoms with E-state index >= 15 is 0 Å². The predicted molar refractivity (Wildman–Crippen MR) is 147 cm³/mol. The van der Waals surface area contributed by atoms with Crippen LogP contribution in [0.3, 0.4) is 0 Å². The van der Waals surface area contributed by atoms with Crippen molar-refractivity contribution in [2.45, 2.75) is 18.8 Å². The number of piperidine rings is 1. The Morgan fingerprint density at radius 1 is 1.00 bits per heavy atom. The van der Waals surface area contributed by atoms with Gasteiger partial charge in [-0.3, -0.25) is 14.4 Å². The molecule has 192 valence electrons. The van der Waals surface area contributed by atoms with Crippen molar-refractivity contribution in [2.75, 3.05) is 39.1 Å². The molecule has 7 nitrogen and oxygen atoms in total. The summed E-state index contributed by atoms with van der Waals surface area (Å²) in [5.74, 6) is 0.436. The summed E-state index contributed by atoms with van der Waals surface area (Å²) in [6.07, 6.45) is 1.72. The fourth-order valence-corrected chi connectivity index (χ4v) is 4.92. The summed E-state index contributed by atoms with van der Waals surface area (Å²) in [5.41, 5.74) is 2.97. The van der Waals surface area contributed by atoms with Crippen LogP contribution in [0, 0.1) is 0 Å². The highest BCUT2D eigenvalue weighted by Crippen LogP contribution is 2.31. The molecule has 1 saturated heterocycles. The average molecular weight is 564 g/mol. The molecule has 8 heteroatoms. The van der Waals surface area contributed by atoms with E-state index in [2.05, 4.69) is 21.2 Å². The number of amides is 3. The third-order valence-electron chi connectivity index (χ3n) is 6.59. The molecule has 0 unspecified atom stereocenters. The van der Waals surface area contributed by atoms with Gasteiger partial charge in [0.1, 0.15) is 5.75 Å². The van der Waals surface area contributed by atoms with Gasteiger partial charge in [-0.15, -0.1) is 0 Å². The van der Waals surface area contributed by atoms with E-state index in [1.807, 2.05) is 41.3 Å². The number of hydrogen-bond acceptors (Lipinski definition) is 4. The van der Waals surface area contributed by atoms with Crippen LogP contribution in [0.15, 0.2) is 77.3 Å². The van der Waals surface area contributed by atoms with Gasteiger partial charge in [0.15, 0.2) is 0 Å². The minimum atomic E-state index is -0.255. The summed E-state index contributed by atoms with van der Waals surface area (Å²) >= 11 is 3.44. The van der Waals surface area contributed by atoms with Crippen LogP contribution in [0.4, 0.5) is 5.69 Å². The number of ether oxygens (including phenoxy) is 1. The fourth-order valence-electron chi connectivity index (χ4n) is 4.56. The molecule has 1 fully saturated rings. The van der Waals surface area contributed by atoms with Gasteiger partial charge in [-0.2, -0.15) is 0 Å². The largest absolute Gasteiger partial charge is 0.496 e. The predicted octanol–water partition coefficient (Wildman–Crippen LogP) is 5.19. The van der Waals surface area contributed by atoms with Crippen LogP contribution >= 0.6 is 15.9 Å². The first-order chi connectivity index (χ1) is 17.9. The number of rotatable bonds is 7. The van der Waals surface area contributed by atoms with E-state index in [9.17, 15) is 14.4 Å². The molecule has 0 spiro atoms. The Bertz CT molecular complexity index is 1260. The fraction of sp³-hybridized carbons (Fsp3) is 0.276. The molecule has 0 bridgehead atoms. The Morgan fingerprint density at radius 2 is 1.68 bits per heavy atom. The van der Waals surface area contributed by atoms with Crippen molar-refractivity contribution in [2.24, 2.45) is 0 Å². The zero-order valence-corrected chi connectivity index (χ0v) is 22.5. The maximum absolute atomic E-state index is 13.1. The second-order valence-corrected chi connectivity index (χ2v) is 10.0. The minimum Gasteiger partial charge on any atom is -0.496 e. The zero-order chi connectivity index (χ0) is 26.4. The van der Waals surface area contributed by atoms with E-state index in [1.54, 1.807) is 50.6 Å². The minimum absolute atomic E-state index is 0.0228. The third kappa shape index (κ3) is 6.57. The lowest BCUT2D eigenvalue weighted by atomic mass is 9.89. The highest BCUT2D eigenvalue weighted by Gasteiger charge is 2.26. The molecule has 1 heterocycles. The van der Waals surface area contributed by atoms with Gasteiger partial charge < -0.3 is 19.9 Å². The van der Waals surface area contributed by atoms with Crippen LogP contribution in [-0.2, 0) is 4.79 Å². The molecule has 3 amide bonds. The van der Waals surface area contributed by atoms with Crippen molar-refractivity contribution in [3.63, 3.8) is 0 Å². The maximum Gasteiger partial charge on any atom is 0.257 e. The number of carbonyl (C=O) groups excluding carboxylic acids is 3. The molecular weight excluding hydrogens is 534 g/mol. The lowest BCUT2D eigenvalue weighted by molar-refractivity contribution is -0.116. The van der Waals surface area contributed by atoms with E-state index < -0.39 is 0 Å². The van der Waals surface area contributed by atoms with Gasteiger partial charge in [-0.05, 0) is 66.8 Å². The van der Waals surface area contributed by atoms with Gasteiger partial charge in [0, 0.05) is 35.9 Å². The molecule has 0 atom stereocenters. The zero-order valence-electron chi connectivity index (χ0n) is 20.9. The molecular formula is C29H30BrN3O4. The Kier molecular flexibility index (Phi) is 8.61. The quantitative estimate of drug-likeness (QED) is 0.429. The van der Waals surface area contributed by atoms with Crippen LogP contribution < -0.4 is 10.1 Å². The first-order valence-electron chi connectivity index (χ1n) is 12.2. The molecule has 3 aromatic carbocycles. The van der Waals surface area contributed by atoms with Crippen molar-refractivity contribution in [3.8, 4) is 5.75 Å². The molecule has 1 aliphatic heterocycles. The molecule has 0 aliphatic carbocycles. The summed E-state index contributed by atoms with van der Waals surface area (Å²) in [5, 5.41) is 2.86. The van der Waals surface area contributed by atoms with Crippen LogP contribution in [0.1, 0.15) is 45.0 Å². The second-order valence-electron chi connectivity index (χ2n) is 9.11. The number of anilines is 1. The maximum atomic E-state index is 13.1. The molecule has 37 heavy (non-hydrogen) atoms. The Labute approximate surface area is 225 Å². The lowest BCUT2D eigenvalue weighted by Gasteiger charge is -2.32. The number of benzene rings is 3. The smallest absolute Gasteiger partial charge is 0.257 e. The van der Waals surface area contributed by atoms with Gasteiger partial charge in [-0.1, -0.05) is 46.3 Å². The molecule has 0 saturated carbocycles. The first-order valence-corrected chi connectivity index (χ1v) is 13.0. The number of likely N-dealkylation sites (N-methyl/N-ethyl adjacent to an activating group) is 1. The first kappa shape index (κ1) is 26.4. The van der Waals surface area contributed by atoms with E-state index in [1.165, 1.54) is 10.5 Å². The molecule has 4 rings (SSSR count). The number of hydrogen-bond donors (Lipinski definition) is 1. The van der Waals surface area contributed by atoms with Crippen LogP contribution in [0.25, 0.3) is 0 Å². The Balaban J connectivity index is 1.29. The summed E-state index contributed by atoms with van der Waals surface area (Å²) in [4.78, 5) is 41.3. The topological polar surface area (TPSA) is 79.0 Å². The Morgan fingerprint density at radius 3 is 2.32 bits per heavy atom. The number of nitrogens with one attached hydrogen (secondary N) is 1. The summed E-state index contributed by atoms with van der Waals surface area (Å²) in [6, 6.07) is 22.2. The van der Waals surface area contributed by atoms with Gasteiger partial charge in [-0.25, -0.2) is 0 Å². The van der Waals surface area contributed by atoms with Gasteiger partial charge in [0.2, 0.25) is 5.91 Å². The van der Waals surface area contributed by atoms with Gasteiger partial charge in [0.05, 0.1) is 19.2 Å². The SMILES string of the molecule is COc1ccc(Br)cc1C(=O)N1CCC(c2ccc(NC(=O)CN(C)C(=O)c3ccccc3)cc2)CC1. The average Bonchev–Trinajstić information content (AvgIpc) is 2.93. The number of carbonyl (C=O) groups is 3. The molecule has 1 N–H and O–H groups in total. The highest BCUT2D eigenvalue weighted by atomic mass is 79.9. The van der Waals surface area contributed by atoms with Crippen molar-refractivity contribution in [1.82, 2.24) is 9.80 Å². The normalized spacial score (nSPS) is 13.6. The molecule has 0 aromatic heterocycles. The summed E-state index contributed by atoms with van der Waals surface area (Å²) in [7, 11) is 3.18. The van der Waals surface area contributed by atoms with Crippen molar-refractivity contribution < 1.29 is 19.1 Å². The summed E-state index contributed by atoms with van der Waals surface area (Å²) in [6.45, 7) is 1.30. The molecule has 1 aliphatic rings. The second kappa shape index (κ2) is 12.1. The molecule has 3 aromatic rings. The van der Waals surface area contributed by atoms with E-state index in [0.717, 1.165) is 17.3 Å². The van der Waals surface area contributed by atoms with E-state index in [4.69, 9.17) is 4.74 Å². The van der Waals surface area contributed by atoms with Crippen LogP contribution in [0.5, 0.6) is 5.75 Å². The number of halogens is 1. The molecule has 0 radical (unpaired) electrons. The monoisotopic (exact) mass is 563 g/mol. The van der Waals surface area contributed by atoms with Gasteiger partial charge in [0.25, 0.3) is 11.8 Å². The summed E-state index contributed by atoms with van der Waals surface area (Å²) < 4.78 is 6.22. The highest BCUT2D eigenvalue weighted by molar-refractivity contribution is 9.10. The standard InChI is InChI=1S/C29H30BrN3O4/c1-32(28(35)22-6-4-3-5-7-22)19-27(34)31-24-11-8-20(9-12-24)21-14-16-33(17-15-21)29(36)25-18-23(30)10-13-26(25)37-2/h3-13,18,21H,14-17,19H2,1-2H3,(H,31,34). The lowest BCUT2D eigenvalue weighted by Crippen LogP contribution is -2.38. The van der Waals surface area contributed by atoms with Crippen molar-refractivity contribution >= 4 is 39.3 Å². The van der Waals surface area contributed by atoms with Crippen LogP contribution in [-0.4, -0.2) is 61.3 Å².